The summed E-state index contributed by atoms with van der Waals surface area (Å²) in [6.45, 7) is 2.87. The van der Waals surface area contributed by atoms with Crippen molar-refractivity contribution in [2.45, 2.75) is 0 Å². The second-order valence-electron chi connectivity index (χ2n) is 6.72. The number of carbonyl (C=O) groups excluding carboxylic acids is 2. The molecule has 8 heteroatoms. The maximum absolute atomic E-state index is 12.8. The van der Waals surface area contributed by atoms with Gasteiger partial charge in [-0.25, -0.2) is 0 Å². The predicted molar refractivity (Wildman–Crippen MR) is 118 cm³/mol. The minimum Gasteiger partial charge on any atom is -0.459 e. The first-order chi connectivity index (χ1) is 14.6. The van der Waals surface area contributed by atoms with Crippen LogP contribution < -0.4 is 15.5 Å². The van der Waals surface area contributed by atoms with Crippen LogP contribution in [0, 0.1) is 0 Å². The van der Waals surface area contributed by atoms with E-state index in [9.17, 15) is 9.59 Å². The van der Waals surface area contributed by atoms with E-state index in [0.717, 1.165) is 28.9 Å². The van der Waals surface area contributed by atoms with Gasteiger partial charge in [-0.15, -0.1) is 0 Å². The third-order valence-corrected chi connectivity index (χ3v) is 5.20. The van der Waals surface area contributed by atoms with E-state index < -0.39 is 0 Å². The van der Waals surface area contributed by atoms with Gasteiger partial charge >= 0.3 is 0 Å². The summed E-state index contributed by atoms with van der Waals surface area (Å²) >= 11 is 3.47. The van der Waals surface area contributed by atoms with E-state index in [1.54, 1.807) is 36.4 Å². The molecule has 1 fully saturated rings. The maximum atomic E-state index is 12.8. The number of nitrogens with zero attached hydrogens (tertiary/aromatic N) is 1. The van der Waals surface area contributed by atoms with Crippen molar-refractivity contribution in [3.63, 3.8) is 0 Å². The molecule has 0 atom stereocenters. The average molecular weight is 470 g/mol. The smallest absolute Gasteiger partial charge is 0.291 e. The van der Waals surface area contributed by atoms with Crippen molar-refractivity contribution in [3.8, 4) is 0 Å². The second kappa shape index (κ2) is 9.15. The largest absolute Gasteiger partial charge is 0.459 e. The monoisotopic (exact) mass is 469 g/mol. The van der Waals surface area contributed by atoms with Gasteiger partial charge in [0.05, 0.1) is 30.9 Å². The van der Waals surface area contributed by atoms with E-state index in [1.165, 1.54) is 6.26 Å². The molecule has 2 N–H and O–H groups in total. The van der Waals surface area contributed by atoms with Crippen LogP contribution in [0.1, 0.15) is 20.9 Å². The van der Waals surface area contributed by atoms with Gasteiger partial charge in [-0.05, 0) is 54.6 Å². The zero-order valence-electron chi connectivity index (χ0n) is 16.1. The number of hydrogen-bond donors (Lipinski definition) is 2. The van der Waals surface area contributed by atoms with E-state index in [4.69, 9.17) is 9.15 Å². The summed E-state index contributed by atoms with van der Waals surface area (Å²) < 4.78 is 11.4. The number of ether oxygens (including phenoxy) is 1. The molecule has 2 amide bonds. The quantitative estimate of drug-likeness (QED) is 0.578. The van der Waals surface area contributed by atoms with Crippen molar-refractivity contribution in [3.05, 3.63) is 76.7 Å². The number of benzene rings is 2. The van der Waals surface area contributed by atoms with Gasteiger partial charge in [-0.1, -0.05) is 15.9 Å². The van der Waals surface area contributed by atoms with E-state index >= 15 is 0 Å². The lowest BCUT2D eigenvalue weighted by molar-refractivity contribution is 0.0995. The molecule has 1 aliphatic rings. The SMILES string of the molecule is O=C(Nc1cc(Br)ccc1N1CCOCC1)c1ccc(NC(=O)c2ccco2)cc1. The lowest BCUT2D eigenvalue weighted by atomic mass is 10.1. The molecule has 0 saturated carbocycles. The van der Waals surface area contributed by atoms with Crippen LogP contribution in [0.15, 0.2) is 69.8 Å². The van der Waals surface area contributed by atoms with Crippen molar-refractivity contribution < 1.29 is 18.7 Å². The van der Waals surface area contributed by atoms with Gasteiger partial charge in [0.25, 0.3) is 11.8 Å². The van der Waals surface area contributed by atoms with Crippen molar-refractivity contribution in [2.24, 2.45) is 0 Å². The van der Waals surface area contributed by atoms with Crippen LogP contribution in [0.25, 0.3) is 0 Å². The lowest BCUT2D eigenvalue weighted by Crippen LogP contribution is -2.36. The lowest BCUT2D eigenvalue weighted by Gasteiger charge is -2.30. The van der Waals surface area contributed by atoms with Crippen molar-refractivity contribution in [1.82, 2.24) is 0 Å². The number of halogens is 1. The first-order valence-electron chi connectivity index (χ1n) is 9.49. The standard InChI is InChI=1S/C22H20BrN3O4/c23-16-5-8-19(26-9-12-29-13-10-26)18(14-16)25-21(27)15-3-6-17(7-4-15)24-22(28)20-2-1-11-30-20/h1-8,11,14H,9-10,12-13H2,(H,24,28)(H,25,27). The number of morpholine rings is 1. The number of carbonyl (C=O) groups is 2. The summed E-state index contributed by atoms with van der Waals surface area (Å²) in [6.07, 6.45) is 1.44. The Morgan fingerprint density at radius 3 is 2.40 bits per heavy atom. The molecule has 7 nitrogen and oxygen atoms in total. The van der Waals surface area contributed by atoms with Gasteiger partial charge in [0.2, 0.25) is 0 Å². The molecular formula is C22H20BrN3O4. The average Bonchev–Trinajstić information content (AvgIpc) is 3.30. The Labute approximate surface area is 182 Å². The summed E-state index contributed by atoms with van der Waals surface area (Å²) in [5, 5.41) is 5.72. The summed E-state index contributed by atoms with van der Waals surface area (Å²) in [5.41, 5.74) is 2.74. The molecule has 0 aliphatic carbocycles. The highest BCUT2D eigenvalue weighted by Crippen LogP contribution is 2.30. The van der Waals surface area contributed by atoms with Gasteiger partial charge < -0.3 is 24.7 Å². The first-order valence-corrected chi connectivity index (χ1v) is 10.3. The Hall–Kier alpha value is -3.10. The molecule has 0 spiro atoms. The van der Waals surface area contributed by atoms with Gasteiger partial charge in [-0.2, -0.15) is 0 Å². The van der Waals surface area contributed by atoms with E-state index in [-0.39, 0.29) is 17.6 Å². The van der Waals surface area contributed by atoms with E-state index in [1.807, 2.05) is 18.2 Å². The fourth-order valence-electron chi connectivity index (χ4n) is 3.19. The summed E-state index contributed by atoms with van der Waals surface area (Å²) in [7, 11) is 0. The Bertz CT molecular complexity index is 1030. The minimum atomic E-state index is -0.346. The predicted octanol–water partition coefficient (Wildman–Crippen LogP) is 4.38. The highest BCUT2D eigenvalue weighted by atomic mass is 79.9. The summed E-state index contributed by atoms with van der Waals surface area (Å²) in [4.78, 5) is 27.1. The highest BCUT2D eigenvalue weighted by Gasteiger charge is 2.17. The van der Waals surface area contributed by atoms with Gasteiger partial charge in [0.15, 0.2) is 5.76 Å². The maximum Gasteiger partial charge on any atom is 0.291 e. The van der Waals surface area contributed by atoms with Crippen LogP contribution in [-0.2, 0) is 4.74 Å². The number of furan rings is 1. The Morgan fingerprint density at radius 1 is 0.933 bits per heavy atom. The summed E-state index contributed by atoms with van der Waals surface area (Å²) in [5.74, 6) is -0.352. The number of hydrogen-bond acceptors (Lipinski definition) is 5. The van der Waals surface area contributed by atoms with Crippen LogP contribution in [-0.4, -0.2) is 38.1 Å². The fraction of sp³-hybridized carbons (Fsp3) is 0.182. The molecule has 0 unspecified atom stereocenters. The third-order valence-electron chi connectivity index (χ3n) is 4.71. The number of nitrogens with one attached hydrogen (secondary N) is 2. The minimum absolute atomic E-state index is 0.224. The second-order valence-corrected chi connectivity index (χ2v) is 7.64. The van der Waals surface area contributed by atoms with E-state index in [2.05, 4.69) is 31.5 Å². The third kappa shape index (κ3) is 4.72. The molecule has 30 heavy (non-hydrogen) atoms. The Balaban J connectivity index is 1.46. The molecule has 2 aromatic carbocycles. The van der Waals surface area contributed by atoms with Crippen LogP contribution in [0.5, 0.6) is 0 Å². The Morgan fingerprint density at radius 2 is 1.70 bits per heavy atom. The molecule has 154 valence electrons. The Kier molecular flexibility index (Phi) is 6.15. The van der Waals surface area contributed by atoms with Crippen molar-refractivity contribution in [1.29, 1.82) is 0 Å². The molecule has 3 aromatic rings. The number of anilines is 3. The van der Waals surface area contributed by atoms with E-state index in [0.29, 0.717) is 24.5 Å². The molecular weight excluding hydrogens is 450 g/mol. The zero-order valence-corrected chi connectivity index (χ0v) is 17.6. The molecule has 4 rings (SSSR count). The highest BCUT2D eigenvalue weighted by molar-refractivity contribution is 9.10. The molecule has 1 aliphatic heterocycles. The van der Waals surface area contributed by atoms with Crippen LogP contribution >= 0.6 is 15.9 Å². The van der Waals surface area contributed by atoms with Gasteiger partial charge in [0.1, 0.15) is 0 Å². The number of amides is 2. The molecule has 1 aromatic heterocycles. The first kappa shape index (κ1) is 20.2. The normalized spacial score (nSPS) is 13.7. The number of rotatable bonds is 5. The van der Waals surface area contributed by atoms with Gasteiger partial charge in [-0.3, -0.25) is 9.59 Å². The summed E-state index contributed by atoms with van der Waals surface area (Å²) in [6, 6.07) is 15.8. The zero-order chi connectivity index (χ0) is 20.9. The van der Waals surface area contributed by atoms with Crippen molar-refractivity contribution >= 4 is 44.8 Å². The topological polar surface area (TPSA) is 83.8 Å². The molecule has 1 saturated heterocycles. The molecule has 0 bridgehead atoms. The van der Waals surface area contributed by atoms with Crippen LogP contribution in [0.2, 0.25) is 0 Å². The molecule has 0 radical (unpaired) electrons. The van der Waals surface area contributed by atoms with Crippen molar-refractivity contribution in [2.75, 3.05) is 41.8 Å². The van der Waals surface area contributed by atoms with Crippen LogP contribution in [0.4, 0.5) is 17.1 Å². The molecule has 2 heterocycles. The van der Waals surface area contributed by atoms with Crippen LogP contribution in [0.3, 0.4) is 0 Å². The fourth-order valence-corrected chi connectivity index (χ4v) is 3.55. The van der Waals surface area contributed by atoms with Gasteiger partial charge in [0, 0.05) is 28.8 Å².